The van der Waals surface area contributed by atoms with E-state index in [-0.39, 0.29) is 11.8 Å². The van der Waals surface area contributed by atoms with E-state index in [1.807, 2.05) is 56.6 Å². The number of rotatable bonds is 4. The lowest BCUT2D eigenvalue weighted by Gasteiger charge is -2.16. The first-order valence-corrected chi connectivity index (χ1v) is 9.11. The van der Waals surface area contributed by atoms with Crippen molar-refractivity contribution in [2.24, 2.45) is 5.92 Å². The van der Waals surface area contributed by atoms with Crippen molar-refractivity contribution in [1.29, 1.82) is 0 Å². The molecule has 1 aromatic carbocycles. The Bertz CT molecular complexity index is 789. The van der Waals surface area contributed by atoms with Crippen molar-refractivity contribution in [3.63, 3.8) is 0 Å². The van der Waals surface area contributed by atoms with Crippen LogP contribution in [-0.2, 0) is 11.3 Å². The largest absolute Gasteiger partial charge is 0.331 e. The average Bonchev–Trinajstić information content (AvgIpc) is 2.81. The Labute approximate surface area is 161 Å². The Morgan fingerprint density at radius 1 is 1.28 bits per heavy atom. The fourth-order valence-corrected chi connectivity index (χ4v) is 2.75. The van der Waals surface area contributed by atoms with Crippen molar-refractivity contribution in [3.8, 4) is 0 Å². The highest BCUT2D eigenvalue weighted by molar-refractivity contribution is 9.10. The molecule has 3 N–H and O–H groups in total. The summed E-state index contributed by atoms with van der Waals surface area (Å²) in [5.74, 6) is -0.420. The van der Waals surface area contributed by atoms with Gasteiger partial charge in [0, 0.05) is 11.4 Å². The standard InChI is InChI=1S/C17H22BrN5OS/c1-10-7-5-6-8-14(10)19-17(25)21-20-16(24)11(2)9-23-13(4)15(18)12(3)22-23/h5-8,11H,9H2,1-4H3,(H,20,24)(H2,19,21,25). The number of amides is 1. The fraction of sp³-hybridized carbons (Fsp3) is 0.353. The third-order valence-corrected chi connectivity index (χ3v) is 5.23. The van der Waals surface area contributed by atoms with E-state index in [1.54, 1.807) is 0 Å². The number of hydrazine groups is 1. The number of para-hydroxylation sites is 1. The Kier molecular flexibility index (Phi) is 6.55. The molecule has 0 aliphatic heterocycles. The van der Waals surface area contributed by atoms with Gasteiger partial charge in [0.2, 0.25) is 5.91 Å². The van der Waals surface area contributed by atoms with Gasteiger partial charge in [-0.15, -0.1) is 0 Å². The summed E-state index contributed by atoms with van der Waals surface area (Å²) >= 11 is 8.70. The summed E-state index contributed by atoms with van der Waals surface area (Å²) < 4.78 is 2.80. The third kappa shape index (κ3) is 5.02. The number of anilines is 1. The zero-order chi connectivity index (χ0) is 18.6. The van der Waals surface area contributed by atoms with Crippen LogP contribution in [0.1, 0.15) is 23.9 Å². The second kappa shape index (κ2) is 8.44. The predicted octanol–water partition coefficient (Wildman–Crippen LogP) is 3.22. The molecule has 25 heavy (non-hydrogen) atoms. The van der Waals surface area contributed by atoms with Gasteiger partial charge in [-0.1, -0.05) is 25.1 Å². The summed E-state index contributed by atoms with van der Waals surface area (Å²) in [7, 11) is 0. The maximum Gasteiger partial charge on any atom is 0.243 e. The van der Waals surface area contributed by atoms with Gasteiger partial charge in [0.25, 0.3) is 0 Å². The summed E-state index contributed by atoms with van der Waals surface area (Å²) in [6, 6.07) is 7.79. The molecular formula is C17H22BrN5OS. The molecule has 6 nitrogen and oxygen atoms in total. The summed E-state index contributed by atoms with van der Waals surface area (Å²) in [5.41, 5.74) is 9.26. The molecule has 1 atom stereocenters. The van der Waals surface area contributed by atoms with Crippen LogP contribution in [0.4, 0.5) is 5.69 Å². The van der Waals surface area contributed by atoms with E-state index in [2.05, 4.69) is 37.2 Å². The van der Waals surface area contributed by atoms with Crippen LogP contribution in [0.25, 0.3) is 0 Å². The van der Waals surface area contributed by atoms with Crippen LogP contribution in [0.5, 0.6) is 0 Å². The van der Waals surface area contributed by atoms with E-state index < -0.39 is 0 Å². The number of aromatic nitrogens is 2. The normalized spacial score (nSPS) is 11.7. The highest BCUT2D eigenvalue weighted by Gasteiger charge is 2.17. The van der Waals surface area contributed by atoms with Crippen LogP contribution in [0.2, 0.25) is 0 Å². The molecule has 0 radical (unpaired) electrons. The molecule has 0 saturated carbocycles. The van der Waals surface area contributed by atoms with Gasteiger partial charge in [0.15, 0.2) is 5.11 Å². The summed E-state index contributed by atoms with van der Waals surface area (Å²) in [6.07, 6.45) is 0. The Morgan fingerprint density at radius 3 is 2.56 bits per heavy atom. The molecule has 2 aromatic rings. The Balaban J connectivity index is 1.85. The van der Waals surface area contributed by atoms with Crippen LogP contribution >= 0.6 is 28.1 Å². The second-order valence-electron chi connectivity index (χ2n) is 5.95. The lowest BCUT2D eigenvalue weighted by atomic mass is 10.1. The van der Waals surface area contributed by atoms with Gasteiger partial charge in [-0.05, 0) is 60.5 Å². The summed E-state index contributed by atoms with van der Waals surface area (Å²) in [6.45, 7) is 8.21. The molecule has 1 aromatic heterocycles. The first kappa shape index (κ1) is 19.4. The quantitative estimate of drug-likeness (QED) is 0.520. The van der Waals surface area contributed by atoms with Crippen molar-refractivity contribution in [2.45, 2.75) is 34.2 Å². The van der Waals surface area contributed by atoms with Crippen LogP contribution in [0.15, 0.2) is 28.7 Å². The molecule has 0 fully saturated rings. The minimum absolute atomic E-state index is 0.155. The first-order valence-electron chi connectivity index (χ1n) is 7.91. The van der Waals surface area contributed by atoms with Gasteiger partial charge >= 0.3 is 0 Å². The van der Waals surface area contributed by atoms with Crippen LogP contribution in [-0.4, -0.2) is 20.8 Å². The van der Waals surface area contributed by atoms with Crippen molar-refractivity contribution in [3.05, 3.63) is 45.7 Å². The van der Waals surface area contributed by atoms with Crippen LogP contribution in [0, 0.1) is 26.7 Å². The molecule has 0 spiro atoms. The predicted molar refractivity (Wildman–Crippen MR) is 107 cm³/mol. The van der Waals surface area contributed by atoms with Gasteiger partial charge in [0.05, 0.1) is 22.6 Å². The molecule has 0 aliphatic rings. The zero-order valence-electron chi connectivity index (χ0n) is 14.7. The van der Waals surface area contributed by atoms with E-state index in [0.717, 1.165) is 27.1 Å². The van der Waals surface area contributed by atoms with Gasteiger partial charge in [0.1, 0.15) is 0 Å². The number of hydrogen-bond donors (Lipinski definition) is 3. The van der Waals surface area contributed by atoms with E-state index in [9.17, 15) is 4.79 Å². The maximum absolute atomic E-state index is 12.3. The number of carbonyl (C=O) groups is 1. The van der Waals surface area contributed by atoms with Gasteiger partial charge < -0.3 is 5.32 Å². The maximum atomic E-state index is 12.3. The number of nitrogens with zero attached hydrogens (tertiary/aromatic N) is 2. The monoisotopic (exact) mass is 423 g/mol. The Morgan fingerprint density at radius 2 is 1.96 bits per heavy atom. The molecule has 1 amide bonds. The van der Waals surface area contributed by atoms with Crippen molar-refractivity contribution >= 4 is 44.9 Å². The van der Waals surface area contributed by atoms with E-state index >= 15 is 0 Å². The fourth-order valence-electron chi connectivity index (χ4n) is 2.30. The molecule has 1 unspecified atom stereocenters. The number of halogens is 1. The van der Waals surface area contributed by atoms with Gasteiger partial charge in [-0.25, -0.2) is 0 Å². The SMILES string of the molecule is Cc1ccccc1NC(=S)NNC(=O)C(C)Cn1nc(C)c(Br)c1C. The minimum Gasteiger partial charge on any atom is -0.331 e. The lowest BCUT2D eigenvalue weighted by molar-refractivity contribution is -0.125. The third-order valence-electron chi connectivity index (χ3n) is 3.88. The number of thiocarbonyl (C=S) groups is 1. The smallest absolute Gasteiger partial charge is 0.243 e. The number of hydrogen-bond acceptors (Lipinski definition) is 3. The van der Waals surface area contributed by atoms with E-state index in [1.165, 1.54) is 0 Å². The molecule has 2 rings (SSSR count). The molecule has 8 heteroatoms. The van der Waals surface area contributed by atoms with E-state index in [4.69, 9.17) is 12.2 Å². The minimum atomic E-state index is -0.265. The lowest BCUT2D eigenvalue weighted by Crippen LogP contribution is -2.46. The highest BCUT2D eigenvalue weighted by Crippen LogP contribution is 2.20. The molecule has 0 saturated heterocycles. The molecule has 134 valence electrons. The van der Waals surface area contributed by atoms with Gasteiger partial charge in [-0.3, -0.25) is 20.3 Å². The van der Waals surface area contributed by atoms with Crippen molar-refractivity contribution in [1.82, 2.24) is 20.6 Å². The molecule has 0 aliphatic carbocycles. The van der Waals surface area contributed by atoms with E-state index in [0.29, 0.717) is 11.7 Å². The van der Waals surface area contributed by atoms with Crippen molar-refractivity contribution < 1.29 is 4.79 Å². The van der Waals surface area contributed by atoms with Gasteiger partial charge in [-0.2, -0.15) is 5.10 Å². The second-order valence-corrected chi connectivity index (χ2v) is 7.15. The molecule has 1 heterocycles. The Hall–Kier alpha value is -1.93. The number of carbonyl (C=O) groups excluding carboxylic acids is 1. The summed E-state index contributed by atoms with van der Waals surface area (Å²) in [4.78, 5) is 12.3. The topological polar surface area (TPSA) is 71.0 Å². The molecular weight excluding hydrogens is 402 g/mol. The zero-order valence-corrected chi connectivity index (χ0v) is 17.1. The number of nitrogens with one attached hydrogen (secondary N) is 3. The summed E-state index contributed by atoms with van der Waals surface area (Å²) in [5, 5.41) is 7.82. The number of aryl methyl sites for hydroxylation is 2. The average molecular weight is 424 g/mol. The van der Waals surface area contributed by atoms with Crippen LogP contribution < -0.4 is 16.2 Å². The highest BCUT2D eigenvalue weighted by atomic mass is 79.9. The first-order chi connectivity index (χ1) is 11.8. The number of benzene rings is 1. The molecule has 0 bridgehead atoms. The van der Waals surface area contributed by atoms with Crippen molar-refractivity contribution in [2.75, 3.05) is 5.32 Å². The van der Waals surface area contributed by atoms with Crippen LogP contribution in [0.3, 0.4) is 0 Å².